The molecule has 2 saturated heterocycles. The van der Waals surface area contributed by atoms with E-state index >= 15 is 0 Å². The van der Waals surface area contributed by atoms with Crippen molar-refractivity contribution in [3.05, 3.63) is 0 Å². The Balaban J connectivity index is 1.78. The maximum absolute atomic E-state index is 12.1. The summed E-state index contributed by atoms with van der Waals surface area (Å²) in [5.74, 6) is 0. The summed E-state index contributed by atoms with van der Waals surface area (Å²) in [5.41, 5.74) is 5.52. The number of hydrogen-bond donors (Lipinski definition) is 1. The minimum absolute atomic E-state index is 0.206. The SMILES string of the molecule is NC(=S)CN1CCN(C(=O)N2CCCC2)CC1. The van der Waals surface area contributed by atoms with Crippen LogP contribution in [0.4, 0.5) is 4.79 Å². The van der Waals surface area contributed by atoms with Gasteiger partial charge in [-0.15, -0.1) is 0 Å². The van der Waals surface area contributed by atoms with Gasteiger partial charge in [0.1, 0.15) is 0 Å². The first-order valence-electron chi connectivity index (χ1n) is 6.21. The predicted molar refractivity (Wildman–Crippen MR) is 71.0 cm³/mol. The van der Waals surface area contributed by atoms with Gasteiger partial charge in [-0.1, -0.05) is 12.2 Å². The van der Waals surface area contributed by atoms with Crippen molar-refractivity contribution in [2.45, 2.75) is 12.8 Å². The molecule has 0 spiro atoms. The molecule has 2 aliphatic rings. The lowest BCUT2D eigenvalue weighted by atomic mass is 10.3. The number of likely N-dealkylation sites (tertiary alicyclic amines) is 1. The Bertz CT molecular complexity index is 296. The van der Waals surface area contributed by atoms with E-state index in [2.05, 4.69) is 4.90 Å². The average molecular weight is 256 g/mol. The maximum atomic E-state index is 12.1. The zero-order valence-corrected chi connectivity index (χ0v) is 10.9. The van der Waals surface area contributed by atoms with Gasteiger partial charge in [0.05, 0.1) is 4.99 Å². The van der Waals surface area contributed by atoms with Gasteiger partial charge in [-0.3, -0.25) is 4.90 Å². The molecule has 17 heavy (non-hydrogen) atoms. The minimum atomic E-state index is 0.206. The second-order valence-electron chi connectivity index (χ2n) is 4.71. The Labute approximate surface area is 108 Å². The van der Waals surface area contributed by atoms with E-state index in [4.69, 9.17) is 18.0 Å². The second kappa shape index (κ2) is 5.64. The third-order valence-corrected chi connectivity index (χ3v) is 3.53. The van der Waals surface area contributed by atoms with Crippen LogP contribution in [0.5, 0.6) is 0 Å². The van der Waals surface area contributed by atoms with Crippen LogP contribution in [-0.2, 0) is 0 Å². The van der Waals surface area contributed by atoms with Crippen LogP contribution < -0.4 is 5.73 Å². The maximum Gasteiger partial charge on any atom is 0.320 e. The number of nitrogens with zero attached hydrogens (tertiary/aromatic N) is 3. The van der Waals surface area contributed by atoms with Gasteiger partial charge < -0.3 is 15.5 Å². The molecular formula is C11H20N4OS. The number of rotatable bonds is 2. The van der Waals surface area contributed by atoms with Crippen LogP contribution in [-0.4, -0.2) is 71.5 Å². The monoisotopic (exact) mass is 256 g/mol. The normalized spacial score (nSPS) is 21.9. The van der Waals surface area contributed by atoms with Crippen molar-refractivity contribution in [1.82, 2.24) is 14.7 Å². The second-order valence-corrected chi connectivity index (χ2v) is 5.23. The van der Waals surface area contributed by atoms with Gasteiger partial charge in [0.25, 0.3) is 0 Å². The molecule has 2 rings (SSSR count). The molecule has 0 aromatic heterocycles. The molecule has 0 unspecified atom stereocenters. The molecule has 0 bridgehead atoms. The number of thiocarbonyl (C=S) groups is 1. The fraction of sp³-hybridized carbons (Fsp3) is 0.818. The summed E-state index contributed by atoms with van der Waals surface area (Å²) in [4.78, 5) is 18.8. The molecule has 0 aliphatic carbocycles. The minimum Gasteiger partial charge on any atom is -0.392 e. The molecule has 6 heteroatoms. The number of urea groups is 1. The van der Waals surface area contributed by atoms with E-state index in [1.54, 1.807) is 0 Å². The van der Waals surface area contributed by atoms with Crippen LogP contribution in [0.2, 0.25) is 0 Å². The van der Waals surface area contributed by atoms with Gasteiger partial charge in [-0.25, -0.2) is 4.79 Å². The molecule has 5 nitrogen and oxygen atoms in total. The third kappa shape index (κ3) is 3.29. The van der Waals surface area contributed by atoms with Crippen molar-refractivity contribution in [2.75, 3.05) is 45.8 Å². The van der Waals surface area contributed by atoms with Gasteiger partial charge in [-0.05, 0) is 12.8 Å². The standard InChI is InChI=1S/C11H20N4OS/c12-10(17)9-13-5-7-15(8-6-13)11(16)14-3-1-2-4-14/h1-9H2,(H2,12,17). The molecular weight excluding hydrogens is 236 g/mol. The van der Waals surface area contributed by atoms with Gasteiger partial charge in [0, 0.05) is 45.8 Å². The third-order valence-electron chi connectivity index (χ3n) is 3.40. The first kappa shape index (κ1) is 12.6. The van der Waals surface area contributed by atoms with E-state index in [0.29, 0.717) is 11.5 Å². The lowest BCUT2D eigenvalue weighted by Crippen LogP contribution is -2.53. The Kier molecular flexibility index (Phi) is 4.17. The molecule has 2 fully saturated rings. The molecule has 0 aromatic rings. The van der Waals surface area contributed by atoms with Crippen molar-refractivity contribution < 1.29 is 4.79 Å². The number of amides is 2. The van der Waals surface area contributed by atoms with Gasteiger partial charge in [0.15, 0.2) is 0 Å². The zero-order chi connectivity index (χ0) is 12.3. The van der Waals surface area contributed by atoms with Crippen LogP contribution in [0.15, 0.2) is 0 Å². The first-order valence-corrected chi connectivity index (χ1v) is 6.62. The fourth-order valence-electron chi connectivity index (χ4n) is 2.43. The summed E-state index contributed by atoms with van der Waals surface area (Å²) in [6, 6.07) is 0.206. The van der Waals surface area contributed by atoms with Crippen molar-refractivity contribution in [3.8, 4) is 0 Å². The molecule has 0 radical (unpaired) electrons. The highest BCUT2D eigenvalue weighted by Crippen LogP contribution is 2.12. The van der Waals surface area contributed by atoms with Crippen molar-refractivity contribution >= 4 is 23.2 Å². The van der Waals surface area contributed by atoms with Gasteiger partial charge >= 0.3 is 6.03 Å². The van der Waals surface area contributed by atoms with Crippen molar-refractivity contribution in [1.29, 1.82) is 0 Å². The topological polar surface area (TPSA) is 52.8 Å². The van der Waals surface area contributed by atoms with Crippen LogP contribution in [0.25, 0.3) is 0 Å². The molecule has 2 N–H and O–H groups in total. The summed E-state index contributed by atoms with van der Waals surface area (Å²) in [6.07, 6.45) is 2.29. The zero-order valence-electron chi connectivity index (χ0n) is 10.1. The molecule has 2 aliphatic heterocycles. The van der Waals surface area contributed by atoms with Crippen LogP contribution >= 0.6 is 12.2 Å². The quantitative estimate of drug-likeness (QED) is 0.712. The average Bonchev–Trinajstić information content (AvgIpc) is 2.82. The highest BCUT2D eigenvalue weighted by Gasteiger charge is 2.26. The summed E-state index contributed by atoms with van der Waals surface area (Å²) < 4.78 is 0. The summed E-state index contributed by atoms with van der Waals surface area (Å²) >= 11 is 4.89. The number of piperazine rings is 1. The highest BCUT2D eigenvalue weighted by atomic mass is 32.1. The van der Waals surface area contributed by atoms with Crippen LogP contribution in [0, 0.1) is 0 Å². The summed E-state index contributed by atoms with van der Waals surface area (Å²) in [7, 11) is 0. The fourth-order valence-corrected chi connectivity index (χ4v) is 2.61. The molecule has 96 valence electrons. The van der Waals surface area contributed by atoms with Gasteiger partial charge in [-0.2, -0.15) is 0 Å². The van der Waals surface area contributed by atoms with Crippen LogP contribution in [0.3, 0.4) is 0 Å². The molecule has 2 heterocycles. The van der Waals surface area contributed by atoms with Crippen LogP contribution in [0.1, 0.15) is 12.8 Å². The van der Waals surface area contributed by atoms with E-state index in [1.165, 1.54) is 0 Å². The summed E-state index contributed by atoms with van der Waals surface area (Å²) in [5, 5.41) is 0. The molecule has 0 saturated carbocycles. The van der Waals surface area contributed by atoms with E-state index in [0.717, 1.165) is 52.1 Å². The van der Waals surface area contributed by atoms with E-state index < -0.39 is 0 Å². The number of hydrogen-bond acceptors (Lipinski definition) is 3. The van der Waals surface area contributed by atoms with E-state index in [9.17, 15) is 4.79 Å². The lowest BCUT2D eigenvalue weighted by Gasteiger charge is -2.36. The number of nitrogens with two attached hydrogens (primary N) is 1. The largest absolute Gasteiger partial charge is 0.392 e. The van der Waals surface area contributed by atoms with Gasteiger partial charge in [0.2, 0.25) is 0 Å². The first-order chi connectivity index (χ1) is 8.16. The van der Waals surface area contributed by atoms with E-state index in [1.807, 2.05) is 9.80 Å². The number of carbonyl (C=O) groups excluding carboxylic acids is 1. The number of carbonyl (C=O) groups is 1. The molecule has 0 atom stereocenters. The molecule has 0 aromatic carbocycles. The Hall–Kier alpha value is -0.880. The van der Waals surface area contributed by atoms with E-state index in [-0.39, 0.29) is 6.03 Å². The predicted octanol–water partition coefficient (Wildman–Crippen LogP) is 0.106. The highest BCUT2D eigenvalue weighted by molar-refractivity contribution is 7.80. The molecule has 2 amide bonds. The Morgan fingerprint density at radius 1 is 1.00 bits per heavy atom. The lowest BCUT2D eigenvalue weighted by molar-refractivity contribution is 0.125. The summed E-state index contributed by atoms with van der Waals surface area (Å²) in [6.45, 7) is 5.84. The smallest absolute Gasteiger partial charge is 0.320 e. The Morgan fingerprint density at radius 3 is 2.06 bits per heavy atom. The Morgan fingerprint density at radius 2 is 1.53 bits per heavy atom. The van der Waals surface area contributed by atoms with Crippen molar-refractivity contribution in [3.63, 3.8) is 0 Å². The van der Waals surface area contributed by atoms with Crippen molar-refractivity contribution in [2.24, 2.45) is 5.73 Å².